The van der Waals surface area contributed by atoms with Crippen LogP contribution in [0.5, 0.6) is 5.75 Å². The van der Waals surface area contributed by atoms with Gasteiger partial charge in [0, 0.05) is 19.2 Å². The number of nitrogens with zero attached hydrogens (tertiary/aromatic N) is 2. The first-order chi connectivity index (χ1) is 13.3. The Labute approximate surface area is 160 Å². The zero-order chi connectivity index (χ0) is 20.6. The lowest BCUT2D eigenvalue weighted by atomic mass is 9.94. The number of amides is 1. The number of likely N-dealkylation sites (tertiary alicyclic amines) is 1. The van der Waals surface area contributed by atoms with Crippen LogP contribution in [0.15, 0.2) is 48.0 Å². The van der Waals surface area contributed by atoms with E-state index in [2.05, 4.69) is 0 Å². The lowest BCUT2D eigenvalue weighted by Gasteiger charge is -2.21. The molecule has 3 rings (SSSR count). The number of nitro groups is 1. The quantitative estimate of drug-likeness (QED) is 0.286. The third kappa shape index (κ3) is 3.09. The molecule has 0 aromatic heterocycles. The van der Waals surface area contributed by atoms with Crippen molar-refractivity contribution in [3.8, 4) is 5.75 Å². The minimum absolute atomic E-state index is 0.0924. The number of methoxy groups -OCH3 is 1. The molecule has 1 aliphatic rings. The van der Waals surface area contributed by atoms with E-state index in [0.29, 0.717) is 16.9 Å². The van der Waals surface area contributed by atoms with Crippen LogP contribution in [0.4, 0.5) is 5.69 Å². The van der Waals surface area contributed by atoms with Gasteiger partial charge in [-0.15, -0.1) is 0 Å². The van der Waals surface area contributed by atoms with E-state index in [1.54, 1.807) is 18.2 Å². The highest BCUT2D eigenvalue weighted by molar-refractivity contribution is 6.46. The van der Waals surface area contributed by atoms with Gasteiger partial charge in [-0.05, 0) is 36.8 Å². The average molecular weight is 382 g/mol. The number of Topliss-reactive ketones (excluding diaryl/α,β-unsaturated/α-hetero) is 1. The van der Waals surface area contributed by atoms with E-state index < -0.39 is 22.7 Å². The van der Waals surface area contributed by atoms with Crippen LogP contribution < -0.4 is 4.74 Å². The number of likely N-dealkylation sites (N-methyl/N-ethyl adjacent to an activating group) is 1. The number of hydrogen-bond acceptors (Lipinski definition) is 6. The lowest BCUT2D eigenvalue weighted by Crippen LogP contribution is -2.24. The second-order valence-corrected chi connectivity index (χ2v) is 6.46. The molecule has 0 bridgehead atoms. The van der Waals surface area contributed by atoms with E-state index in [-0.39, 0.29) is 17.0 Å². The predicted molar refractivity (Wildman–Crippen MR) is 101 cm³/mol. The SMILES string of the molecule is COc1ccc(C)cc1/C(O)=C1\C(=O)C(=O)N(C)C1c1ccc([N+](=O)[O-])cc1. The van der Waals surface area contributed by atoms with Crippen molar-refractivity contribution in [2.45, 2.75) is 13.0 Å². The second kappa shape index (κ2) is 7.15. The summed E-state index contributed by atoms with van der Waals surface area (Å²) >= 11 is 0. The second-order valence-electron chi connectivity index (χ2n) is 6.46. The number of rotatable bonds is 4. The van der Waals surface area contributed by atoms with Crippen molar-refractivity contribution in [3.63, 3.8) is 0 Å². The Morgan fingerprint density at radius 2 is 1.82 bits per heavy atom. The summed E-state index contributed by atoms with van der Waals surface area (Å²) in [6.07, 6.45) is 0. The van der Waals surface area contributed by atoms with E-state index in [9.17, 15) is 24.8 Å². The third-order valence-electron chi connectivity index (χ3n) is 4.70. The van der Waals surface area contributed by atoms with Crippen molar-refractivity contribution in [3.05, 3.63) is 74.8 Å². The van der Waals surface area contributed by atoms with Crippen molar-refractivity contribution in [1.29, 1.82) is 0 Å². The van der Waals surface area contributed by atoms with E-state index in [1.807, 2.05) is 6.92 Å². The van der Waals surface area contributed by atoms with Gasteiger partial charge in [-0.2, -0.15) is 0 Å². The van der Waals surface area contributed by atoms with E-state index in [0.717, 1.165) is 5.56 Å². The van der Waals surface area contributed by atoms with Gasteiger partial charge in [0.1, 0.15) is 11.5 Å². The molecule has 1 fully saturated rings. The number of benzene rings is 2. The first kappa shape index (κ1) is 19.1. The number of nitro benzene ring substituents is 1. The molecule has 1 N–H and O–H groups in total. The molecule has 8 heteroatoms. The molecule has 144 valence electrons. The van der Waals surface area contributed by atoms with Gasteiger partial charge in [0.25, 0.3) is 17.4 Å². The summed E-state index contributed by atoms with van der Waals surface area (Å²) in [6.45, 7) is 1.82. The van der Waals surface area contributed by atoms with Crippen LogP contribution in [0.2, 0.25) is 0 Å². The molecule has 1 aliphatic heterocycles. The number of ketones is 1. The maximum Gasteiger partial charge on any atom is 0.295 e. The molecule has 28 heavy (non-hydrogen) atoms. The van der Waals surface area contributed by atoms with Crippen LogP contribution in [0.3, 0.4) is 0 Å². The molecular weight excluding hydrogens is 364 g/mol. The molecule has 8 nitrogen and oxygen atoms in total. The average Bonchev–Trinajstić information content (AvgIpc) is 2.91. The van der Waals surface area contributed by atoms with E-state index in [1.165, 1.54) is 43.3 Å². The maximum atomic E-state index is 12.6. The fourth-order valence-electron chi connectivity index (χ4n) is 3.27. The maximum absolute atomic E-state index is 12.6. The Bertz CT molecular complexity index is 1010. The first-order valence-corrected chi connectivity index (χ1v) is 8.40. The number of ether oxygens (including phenoxy) is 1. The summed E-state index contributed by atoms with van der Waals surface area (Å²) < 4.78 is 5.27. The highest BCUT2D eigenvalue weighted by Gasteiger charge is 2.44. The summed E-state index contributed by atoms with van der Waals surface area (Å²) in [6, 6.07) is 9.75. The Kier molecular flexibility index (Phi) is 4.87. The molecule has 0 spiro atoms. The van der Waals surface area contributed by atoms with Crippen molar-refractivity contribution >= 4 is 23.1 Å². The van der Waals surface area contributed by atoms with Crippen LogP contribution in [-0.2, 0) is 9.59 Å². The van der Waals surface area contributed by atoms with Crippen LogP contribution in [0.25, 0.3) is 5.76 Å². The highest BCUT2D eigenvalue weighted by Crippen LogP contribution is 2.40. The van der Waals surface area contributed by atoms with Crippen LogP contribution >= 0.6 is 0 Å². The Morgan fingerprint density at radius 3 is 2.39 bits per heavy atom. The molecule has 0 radical (unpaired) electrons. The van der Waals surface area contributed by atoms with Crippen molar-refractivity contribution in [2.75, 3.05) is 14.2 Å². The summed E-state index contributed by atoms with van der Waals surface area (Å²) in [5, 5.41) is 21.8. The normalized spacial score (nSPS) is 18.4. The van der Waals surface area contributed by atoms with Gasteiger partial charge in [0.2, 0.25) is 0 Å². The topological polar surface area (TPSA) is 110 Å². The molecule has 2 aromatic rings. The zero-order valence-electron chi connectivity index (χ0n) is 15.5. The molecule has 1 saturated heterocycles. The van der Waals surface area contributed by atoms with Gasteiger partial charge in [-0.25, -0.2) is 0 Å². The molecule has 2 aromatic carbocycles. The number of hydrogen-bond donors (Lipinski definition) is 1. The number of aliphatic hydroxyl groups excluding tert-OH is 1. The minimum atomic E-state index is -0.869. The standard InChI is InChI=1S/C20H18N2O6/c1-11-4-9-15(28-3)14(10-11)18(23)16-17(21(2)20(25)19(16)24)12-5-7-13(8-6-12)22(26)27/h4-10,17,23H,1-3H3/b18-16+. The summed E-state index contributed by atoms with van der Waals surface area (Å²) in [7, 11) is 2.88. The molecule has 1 unspecified atom stereocenters. The smallest absolute Gasteiger partial charge is 0.295 e. The van der Waals surface area contributed by atoms with Gasteiger partial charge in [-0.3, -0.25) is 19.7 Å². The number of aliphatic hydroxyl groups is 1. The molecule has 1 heterocycles. The van der Waals surface area contributed by atoms with Crippen LogP contribution in [0.1, 0.15) is 22.7 Å². The van der Waals surface area contributed by atoms with Gasteiger partial charge in [0.15, 0.2) is 0 Å². The van der Waals surface area contributed by atoms with Crippen molar-refractivity contribution in [2.24, 2.45) is 0 Å². The third-order valence-corrected chi connectivity index (χ3v) is 4.70. The molecular formula is C20H18N2O6. The lowest BCUT2D eigenvalue weighted by molar-refractivity contribution is -0.384. The number of carbonyl (C=O) groups is 2. The number of carbonyl (C=O) groups excluding carboxylic acids is 2. The van der Waals surface area contributed by atoms with Gasteiger partial charge in [-0.1, -0.05) is 11.6 Å². The number of non-ortho nitro benzene ring substituents is 1. The number of aryl methyl sites for hydroxylation is 1. The predicted octanol–water partition coefficient (Wildman–Crippen LogP) is 2.96. The molecule has 0 saturated carbocycles. The van der Waals surface area contributed by atoms with Gasteiger partial charge in [0.05, 0.1) is 29.2 Å². The van der Waals surface area contributed by atoms with Crippen molar-refractivity contribution in [1.82, 2.24) is 4.90 Å². The Balaban J connectivity index is 2.20. The zero-order valence-corrected chi connectivity index (χ0v) is 15.5. The van der Waals surface area contributed by atoms with Gasteiger partial charge < -0.3 is 14.7 Å². The first-order valence-electron chi connectivity index (χ1n) is 8.40. The Morgan fingerprint density at radius 1 is 1.18 bits per heavy atom. The summed E-state index contributed by atoms with van der Waals surface area (Å²) in [4.78, 5) is 36.5. The molecule has 1 amide bonds. The summed E-state index contributed by atoms with van der Waals surface area (Å²) in [5.74, 6) is -1.59. The fourth-order valence-corrected chi connectivity index (χ4v) is 3.27. The van der Waals surface area contributed by atoms with Crippen molar-refractivity contribution < 1.29 is 24.4 Å². The van der Waals surface area contributed by atoms with Crippen LogP contribution in [-0.4, -0.2) is 40.8 Å². The molecule has 0 aliphatic carbocycles. The van der Waals surface area contributed by atoms with Gasteiger partial charge >= 0.3 is 0 Å². The fraction of sp³-hybridized carbons (Fsp3) is 0.200. The van der Waals surface area contributed by atoms with E-state index >= 15 is 0 Å². The van der Waals surface area contributed by atoms with E-state index in [4.69, 9.17) is 4.74 Å². The summed E-state index contributed by atoms with van der Waals surface area (Å²) in [5.41, 5.74) is 1.39. The molecule has 1 atom stereocenters. The largest absolute Gasteiger partial charge is 0.507 e. The Hall–Kier alpha value is -3.68. The minimum Gasteiger partial charge on any atom is -0.507 e. The van der Waals surface area contributed by atoms with Crippen LogP contribution in [0, 0.1) is 17.0 Å². The highest BCUT2D eigenvalue weighted by atomic mass is 16.6. The monoisotopic (exact) mass is 382 g/mol.